The molecular formula is C13H18ClN3O4. The van der Waals surface area contributed by atoms with Gasteiger partial charge >= 0.3 is 5.97 Å². The standard InChI is InChI=1S/C13H18ClN3O4/c1-8-5-16(6-9(2)21-8)10-4-15-17(7-11(18)20-3)13(19)12(10)14/h4,8-9H,5-7H2,1-3H3/t8-,9-/m0/s1. The second kappa shape index (κ2) is 6.44. The Kier molecular flexibility index (Phi) is 4.84. The first-order valence-electron chi connectivity index (χ1n) is 6.65. The maximum atomic E-state index is 12.1. The monoisotopic (exact) mass is 315 g/mol. The van der Waals surface area contributed by atoms with E-state index >= 15 is 0 Å². The maximum Gasteiger partial charge on any atom is 0.327 e. The Morgan fingerprint density at radius 1 is 1.48 bits per heavy atom. The van der Waals surface area contributed by atoms with E-state index in [1.165, 1.54) is 13.3 Å². The predicted molar refractivity (Wildman–Crippen MR) is 77.7 cm³/mol. The summed E-state index contributed by atoms with van der Waals surface area (Å²) in [6, 6.07) is 0. The van der Waals surface area contributed by atoms with Crippen molar-refractivity contribution in [2.75, 3.05) is 25.1 Å². The van der Waals surface area contributed by atoms with Crippen LogP contribution in [0.25, 0.3) is 0 Å². The maximum absolute atomic E-state index is 12.1. The molecular weight excluding hydrogens is 298 g/mol. The average Bonchev–Trinajstić information content (AvgIpc) is 2.42. The highest BCUT2D eigenvalue weighted by Crippen LogP contribution is 2.24. The second-order valence-electron chi connectivity index (χ2n) is 5.05. The fourth-order valence-electron chi connectivity index (χ4n) is 2.35. The van der Waals surface area contributed by atoms with Gasteiger partial charge in [0.1, 0.15) is 11.6 Å². The summed E-state index contributed by atoms with van der Waals surface area (Å²) in [6.45, 7) is 4.93. The summed E-state index contributed by atoms with van der Waals surface area (Å²) in [5.74, 6) is -0.554. The fourth-order valence-corrected chi connectivity index (χ4v) is 2.62. The molecule has 8 heteroatoms. The Morgan fingerprint density at radius 2 is 2.10 bits per heavy atom. The summed E-state index contributed by atoms with van der Waals surface area (Å²) in [4.78, 5) is 25.3. The number of halogens is 1. The van der Waals surface area contributed by atoms with Crippen molar-refractivity contribution in [3.8, 4) is 0 Å². The van der Waals surface area contributed by atoms with Crippen molar-refractivity contribution in [2.45, 2.75) is 32.6 Å². The molecule has 1 aliphatic heterocycles. The topological polar surface area (TPSA) is 73.7 Å². The molecule has 0 amide bonds. The number of ether oxygens (including phenoxy) is 2. The Bertz CT molecular complexity index is 579. The molecule has 7 nitrogen and oxygen atoms in total. The summed E-state index contributed by atoms with van der Waals surface area (Å²) in [7, 11) is 1.25. The van der Waals surface area contributed by atoms with Crippen LogP contribution in [-0.4, -0.2) is 48.2 Å². The zero-order valence-corrected chi connectivity index (χ0v) is 13.0. The van der Waals surface area contributed by atoms with E-state index in [4.69, 9.17) is 16.3 Å². The van der Waals surface area contributed by atoms with Gasteiger partial charge in [-0.3, -0.25) is 9.59 Å². The van der Waals surface area contributed by atoms with Gasteiger partial charge in [-0.25, -0.2) is 4.68 Å². The van der Waals surface area contributed by atoms with Gasteiger partial charge < -0.3 is 14.4 Å². The quantitative estimate of drug-likeness (QED) is 0.764. The second-order valence-corrected chi connectivity index (χ2v) is 5.42. The number of esters is 1. The zero-order valence-electron chi connectivity index (χ0n) is 12.2. The SMILES string of the molecule is COC(=O)Cn1ncc(N2C[C@H](C)O[C@@H](C)C2)c(Cl)c1=O. The molecule has 1 fully saturated rings. The number of hydrogen-bond donors (Lipinski definition) is 0. The van der Waals surface area contributed by atoms with Crippen LogP contribution in [0.5, 0.6) is 0 Å². The first-order chi connectivity index (χ1) is 9.92. The first-order valence-corrected chi connectivity index (χ1v) is 7.03. The lowest BCUT2D eigenvalue weighted by Gasteiger charge is -2.36. The van der Waals surface area contributed by atoms with Gasteiger partial charge in [0, 0.05) is 13.1 Å². The van der Waals surface area contributed by atoms with Crippen LogP contribution in [0.2, 0.25) is 5.02 Å². The summed E-state index contributed by atoms with van der Waals surface area (Å²) >= 11 is 6.15. The third kappa shape index (κ3) is 3.54. The molecule has 1 saturated heterocycles. The van der Waals surface area contributed by atoms with Crippen molar-refractivity contribution < 1.29 is 14.3 Å². The van der Waals surface area contributed by atoms with Crippen LogP contribution in [0.3, 0.4) is 0 Å². The summed E-state index contributed by atoms with van der Waals surface area (Å²) in [5.41, 5.74) is 0.0520. The third-order valence-corrected chi connectivity index (χ3v) is 3.59. The zero-order chi connectivity index (χ0) is 15.6. The van der Waals surface area contributed by atoms with E-state index in [0.717, 1.165) is 4.68 Å². The number of morpholine rings is 1. The van der Waals surface area contributed by atoms with Gasteiger partial charge in [-0.1, -0.05) is 11.6 Å². The normalized spacial score (nSPS) is 22.2. The molecule has 1 aromatic rings. The van der Waals surface area contributed by atoms with Crippen LogP contribution in [0.1, 0.15) is 13.8 Å². The molecule has 2 heterocycles. The van der Waals surface area contributed by atoms with E-state index in [-0.39, 0.29) is 23.8 Å². The molecule has 21 heavy (non-hydrogen) atoms. The van der Waals surface area contributed by atoms with Crippen LogP contribution in [-0.2, 0) is 20.8 Å². The predicted octanol–water partition coefficient (Wildman–Crippen LogP) is 0.683. The van der Waals surface area contributed by atoms with Gasteiger partial charge in [0.25, 0.3) is 5.56 Å². The lowest BCUT2D eigenvalue weighted by Crippen LogP contribution is -2.46. The summed E-state index contributed by atoms with van der Waals surface area (Å²) < 4.78 is 11.2. The molecule has 2 atom stereocenters. The molecule has 0 unspecified atom stereocenters. The van der Waals surface area contributed by atoms with Crippen molar-refractivity contribution in [3.63, 3.8) is 0 Å². The van der Waals surface area contributed by atoms with Crippen LogP contribution >= 0.6 is 11.6 Å². The molecule has 1 aliphatic rings. The van der Waals surface area contributed by atoms with E-state index in [1.807, 2.05) is 18.7 Å². The van der Waals surface area contributed by atoms with Gasteiger partial charge in [0.05, 0.1) is 31.2 Å². The molecule has 0 N–H and O–H groups in total. The largest absolute Gasteiger partial charge is 0.468 e. The minimum Gasteiger partial charge on any atom is -0.468 e. The number of nitrogens with zero attached hydrogens (tertiary/aromatic N) is 3. The number of hydrogen-bond acceptors (Lipinski definition) is 6. The highest BCUT2D eigenvalue weighted by atomic mass is 35.5. The van der Waals surface area contributed by atoms with E-state index in [2.05, 4.69) is 9.84 Å². The number of carbonyl (C=O) groups is 1. The lowest BCUT2D eigenvalue weighted by molar-refractivity contribution is -0.141. The van der Waals surface area contributed by atoms with Crippen molar-refractivity contribution >= 4 is 23.3 Å². The highest BCUT2D eigenvalue weighted by Gasteiger charge is 2.25. The first kappa shape index (κ1) is 15.8. The number of aromatic nitrogens is 2. The number of anilines is 1. The lowest BCUT2D eigenvalue weighted by atomic mass is 10.2. The molecule has 0 spiro atoms. The Balaban J connectivity index is 2.28. The highest BCUT2D eigenvalue weighted by molar-refractivity contribution is 6.33. The van der Waals surface area contributed by atoms with E-state index < -0.39 is 11.5 Å². The third-order valence-electron chi connectivity index (χ3n) is 3.23. The molecule has 0 aromatic carbocycles. The van der Waals surface area contributed by atoms with Crippen LogP contribution < -0.4 is 10.5 Å². The molecule has 0 bridgehead atoms. The Hall–Kier alpha value is -1.60. The minimum atomic E-state index is -0.554. The number of rotatable bonds is 3. The van der Waals surface area contributed by atoms with Crippen molar-refractivity contribution in [1.29, 1.82) is 0 Å². The van der Waals surface area contributed by atoms with Crippen molar-refractivity contribution in [1.82, 2.24) is 9.78 Å². The van der Waals surface area contributed by atoms with Crippen molar-refractivity contribution in [2.24, 2.45) is 0 Å². The summed E-state index contributed by atoms with van der Waals surface area (Å²) in [6.07, 6.45) is 1.59. The molecule has 0 saturated carbocycles. The van der Waals surface area contributed by atoms with Gasteiger partial charge in [-0.15, -0.1) is 0 Å². The van der Waals surface area contributed by atoms with E-state index in [0.29, 0.717) is 18.8 Å². The molecule has 0 aliphatic carbocycles. The fraction of sp³-hybridized carbons (Fsp3) is 0.615. The Labute approximate surface area is 127 Å². The molecule has 2 rings (SSSR count). The molecule has 0 radical (unpaired) electrons. The minimum absolute atomic E-state index is 0.0438. The van der Waals surface area contributed by atoms with Crippen LogP contribution in [0.15, 0.2) is 11.0 Å². The summed E-state index contributed by atoms with van der Waals surface area (Å²) in [5, 5.41) is 4.04. The van der Waals surface area contributed by atoms with Gasteiger partial charge in [-0.05, 0) is 13.8 Å². The van der Waals surface area contributed by atoms with E-state index in [9.17, 15) is 9.59 Å². The van der Waals surface area contributed by atoms with Crippen LogP contribution in [0, 0.1) is 0 Å². The number of carbonyl (C=O) groups excluding carboxylic acids is 1. The Morgan fingerprint density at radius 3 is 2.67 bits per heavy atom. The smallest absolute Gasteiger partial charge is 0.327 e. The molecule has 116 valence electrons. The van der Waals surface area contributed by atoms with Gasteiger partial charge in [0.15, 0.2) is 0 Å². The van der Waals surface area contributed by atoms with Crippen molar-refractivity contribution in [3.05, 3.63) is 21.6 Å². The molecule has 1 aromatic heterocycles. The van der Waals surface area contributed by atoms with Gasteiger partial charge in [0.2, 0.25) is 0 Å². The average molecular weight is 316 g/mol. The van der Waals surface area contributed by atoms with Gasteiger partial charge in [-0.2, -0.15) is 5.10 Å². The van der Waals surface area contributed by atoms with E-state index in [1.54, 1.807) is 0 Å². The number of methoxy groups -OCH3 is 1. The van der Waals surface area contributed by atoms with Crippen LogP contribution in [0.4, 0.5) is 5.69 Å².